The van der Waals surface area contributed by atoms with E-state index in [1.54, 1.807) is 31.2 Å². The Kier molecular flexibility index (Phi) is 8.39. The van der Waals surface area contributed by atoms with Crippen LogP contribution >= 0.6 is 0 Å². The number of carbonyl (C=O) groups is 2. The first-order valence-electron chi connectivity index (χ1n) is 12.5. The fraction of sp³-hybridized carbons (Fsp3) is 0.233. The zero-order chi connectivity index (χ0) is 28.0. The lowest BCUT2D eigenvalue weighted by Gasteiger charge is -2.39. The number of benzene rings is 3. The average Bonchev–Trinajstić information content (AvgIpc) is 2.94. The van der Waals surface area contributed by atoms with Gasteiger partial charge in [-0.1, -0.05) is 55.5 Å². The Morgan fingerprint density at radius 3 is 2.38 bits per heavy atom. The molecule has 0 aliphatic heterocycles. The SMILES string of the molecule is CC[C@@](C)(CNC(=O)c1cnc2c(OCc3c(F)cccc3F)cccc2c1)N(Cc1ccccc1)C(=O)O. The van der Waals surface area contributed by atoms with Crippen LogP contribution in [0.5, 0.6) is 5.75 Å². The Morgan fingerprint density at radius 1 is 1.03 bits per heavy atom. The second-order valence-electron chi connectivity index (χ2n) is 9.43. The van der Waals surface area contributed by atoms with Crippen LogP contribution in [0.1, 0.15) is 41.8 Å². The standard InChI is InChI=1S/C30H29F2N3O4/c1-3-30(2,35(29(37)38)17-20-9-5-4-6-10-20)19-34-28(36)22-15-21-11-7-14-26(27(21)33-16-22)39-18-23-24(31)12-8-13-25(23)32/h4-16H,3,17-19H2,1-2H3,(H,34,36)(H,37,38)/t30-/m0/s1. The number of carboxylic acid groups (broad SMARTS) is 1. The van der Waals surface area contributed by atoms with E-state index in [0.29, 0.717) is 23.1 Å². The van der Waals surface area contributed by atoms with E-state index in [-0.39, 0.29) is 30.8 Å². The van der Waals surface area contributed by atoms with Crippen molar-refractivity contribution >= 4 is 22.9 Å². The molecule has 3 aromatic carbocycles. The van der Waals surface area contributed by atoms with E-state index >= 15 is 0 Å². The molecule has 0 unspecified atom stereocenters. The number of fused-ring (bicyclic) bond motifs is 1. The summed E-state index contributed by atoms with van der Waals surface area (Å²) in [5.74, 6) is -1.49. The second kappa shape index (κ2) is 11.9. The maximum absolute atomic E-state index is 14.0. The lowest BCUT2D eigenvalue weighted by Crippen LogP contribution is -2.55. The van der Waals surface area contributed by atoms with Gasteiger partial charge in [-0.25, -0.2) is 13.6 Å². The molecular weight excluding hydrogens is 504 g/mol. The predicted octanol–water partition coefficient (Wildman–Crippen LogP) is 6.17. The molecule has 0 saturated heterocycles. The highest BCUT2D eigenvalue weighted by Gasteiger charge is 2.34. The van der Waals surface area contributed by atoms with E-state index in [9.17, 15) is 23.5 Å². The highest BCUT2D eigenvalue weighted by atomic mass is 19.1. The van der Waals surface area contributed by atoms with Crippen LogP contribution in [0.3, 0.4) is 0 Å². The molecule has 9 heteroatoms. The minimum Gasteiger partial charge on any atom is -0.486 e. The Labute approximate surface area is 225 Å². The summed E-state index contributed by atoms with van der Waals surface area (Å²) in [6.45, 7) is 3.63. The molecule has 7 nitrogen and oxygen atoms in total. The minimum absolute atomic E-state index is 0.0941. The van der Waals surface area contributed by atoms with Crippen molar-refractivity contribution in [2.45, 2.75) is 39.0 Å². The van der Waals surface area contributed by atoms with Crippen molar-refractivity contribution in [3.63, 3.8) is 0 Å². The van der Waals surface area contributed by atoms with Crippen molar-refractivity contribution in [1.29, 1.82) is 0 Å². The molecule has 0 spiro atoms. The normalized spacial score (nSPS) is 12.5. The van der Waals surface area contributed by atoms with E-state index in [0.717, 1.165) is 17.7 Å². The average molecular weight is 534 g/mol. The van der Waals surface area contributed by atoms with Crippen LogP contribution in [0.25, 0.3) is 10.9 Å². The summed E-state index contributed by atoms with van der Waals surface area (Å²) in [6.07, 6.45) is 0.787. The van der Waals surface area contributed by atoms with Gasteiger partial charge in [0.1, 0.15) is 29.5 Å². The number of hydrogen-bond donors (Lipinski definition) is 2. The van der Waals surface area contributed by atoms with Gasteiger partial charge in [-0.15, -0.1) is 0 Å². The molecule has 0 aliphatic carbocycles. The summed E-state index contributed by atoms with van der Waals surface area (Å²) in [6, 6.07) is 19.6. The number of nitrogens with one attached hydrogen (secondary N) is 1. The first-order chi connectivity index (χ1) is 18.7. The van der Waals surface area contributed by atoms with Gasteiger partial charge in [0.05, 0.1) is 16.7 Å². The van der Waals surface area contributed by atoms with E-state index in [4.69, 9.17) is 4.74 Å². The lowest BCUT2D eigenvalue weighted by atomic mass is 9.95. The monoisotopic (exact) mass is 533 g/mol. The van der Waals surface area contributed by atoms with E-state index in [1.807, 2.05) is 37.3 Å². The number of carbonyl (C=O) groups excluding carboxylic acids is 1. The van der Waals surface area contributed by atoms with Gasteiger partial charge in [0.2, 0.25) is 0 Å². The molecule has 2 N–H and O–H groups in total. The highest BCUT2D eigenvalue weighted by Crippen LogP contribution is 2.26. The van der Waals surface area contributed by atoms with Crippen molar-refractivity contribution in [3.8, 4) is 5.75 Å². The first kappa shape index (κ1) is 27.5. The summed E-state index contributed by atoms with van der Waals surface area (Å²) in [5.41, 5.74) is 0.518. The number of hydrogen-bond acceptors (Lipinski definition) is 4. The van der Waals surface area contributed by atoms with Crippen LogP contribution < -0.4 is 10.1 Å². The number of pyridine rings is 1. The largest absolute Gasteiger partial charge is 0.486 e. The van der Waals surface area contributed by atoms with E-state index < -0.39 is 29.2 Å². The van der Waals surface area contributed by atoms with Gasteiger partial charge in [0, 0.05) is 24.7 Å². The number of amides is 2. The van der Waals surface area contributed by atoms with Crippen molar-refractivity contribution < 1.29 is 28.2 Å². The molecule has 4 aromatic rings. The Bertz CT molecular complexity index is 1460. The highest BCUT2D eigenvalue weighted by molar-refractivity contribution is 5.98. The fourth-order valence-electron chi connectivity index (χ4n) is 4.23. The minimum atomic E-state index is -1.08. The summed E-state index contributed by atoms with van der Waals surface area (Å²) in [5, 5.41) is 13.4. The number of para-hydroxylation sites is 1. The molecule has 1 atom stereocenters. The van der Waals surface area contributed by atoms with Gasteiger partial charge in [-0.2, -0.15) is 0 Å². The molecule has 4 rings (SSSR count). The third kappa shape index (κ3) is 6.31. The Balaban J connectivity index is 1.48. The summed E-state index contributed by atoms with van der Waals surface area (Å²) < 4.78 is 33.6. The van der Waals surface area contributed by atoms with Crippen molar-refractivity contribution in [2.75, 3.05) is 6.54 Å². The number of rotatable bonds is 10. The van der Waals surface area contributed by atoms with Gasteiger partial charge in [0.15, 0.2) is 0 Å². The zero-order valence-corrected chi connectivity index (χ0v) is 21.7. The first-order valence-corrected chi connectivity index (χ1v) is 12.5. The number of halogens is 2. The fourth-order valence-corrected chi connectivity index (χ4v) is 4.23. The lowest BCUT2D eigenvalue weighted by molar-refractivity contribution is 0.0692. The molecule has 202 valence electrons. The maximum atomic E-state index is 14.0. The van der Waals surface area contributed by atoms with Crippen LogP contribution in [0.4, 0.5) is 13.6 Å². The van der Waals surface area contributed by atoms with Crippen molar-refractivity contribution in [3.05, 3.63) is 107 Å². The van der Waals surface area contributed by atoms with E-state index in [2.05, 4.69) is 10.3 Å². The number of aromatic nitrogens is 1. The number of nitrogens with zero attached hydrogens (tertiary/aromatic N) is 2. The molecule has 0 saturated carbocycles. The third-order valence-corrected chi connectivity index (χ3v) is 6.83. The third-order valence-electron chi connectivity index (χ3n) is 6.83. The molecule has 0 fully saturated rings. The summed E-state index contributed by atoms with van der Waals surface area (Å²) in [4.78, 5) is 30.9. The quantitative estimate of drug-likeness (QED) is 0.254. The van der Waals surface area contributed by atoms with Gasteiger partial charge in [-0.3, -0.25) is 14.7 Å². The van der Waals surface area contributed by atoms with Gasteiger partial charge in [0.25, 0.3) is 5.91 Å². The smallest absolute Gasteiger partial charge is 0.408 e. The zero-order valence-electron chi connectivity index (χ0n) is 21.7. The summed E-state index contributed by atoms with van der Waals surface area (Å²) in [7, 11) is 0. The Morgan fingerprint density at radius 2 is 1.72 bits per heavy atom. The van der Waals surface area contributed by atoms with Gasteiger partial charge >= 0.3 is 6.09 Å². The van der Waals surface area contributed by atoms with Crippen molar-refractivity contribution in [2.24, 2.45) is 0 Å². The van der Waals surface area contributed by atoms with Gasteiger partial charge in [-0.05, 0) is 43.2 Å². The van der Waals surface area contributed by atoms with Crippen LogP contribution in [0.2, 0.25) is 0 Å². The summed E-state index contributed by atoms with van der Waals surface area (Å²) >= 11 is 0. The molecule has 1 aromatic heterocycles. The van der Waals surface area contributed by atoms with E-state index in [1.165, 1.54) is 17.2 Å². The molecule has 2 amide bonds. The molecule has 0 aliphatic rings. The molecular formula is C30H29F2N3O4. The van der Waals surface area contributed by atoms with Gasteiger partial charge < -0.3 is 15.2 Å². The molecule has 0 radical (unpaired) electrons. The Hall–Kier alpha value is -4.53. The molecule has 1 heterocycles. The van der Waals surface area contributed by atoms with Crippen LogP contribution in [0, 0.1) is 11.6 Å². The topological polar surface area (TPSA) is 91.8 Å². The number of ether oxygens (including phenoxy) is 1. The molecule has 0 bridgehead atoms. The maximum Gasteiger partial charge on any atom is 0.408 e. The van der Waals surface area contributed by atoms with Crippen LogP contribution in [0.15, 0.2) is 79.0 Å². The van der Waals surface area contributed by atoms with Crippen LogP contribution in [-0.2, 0) is 13.2 Å². The predicted molar refractivity (Wildman–Crippen MR) is 143 cm³/mol. The molecule has 39 heavy (non-hydrogen) atoms. The van der Waals surface area contributed by atoms with Crippen LogP contribution in [-0.4, -0.2) is 39.1 Å². The van der Waals surface area contributed by atoms with Crippen molar-refractivity contribution in [1.82, 2.24) is 15.2 Å². The second-order valence-corrected chi connectivity index (χ2v) is 9.43.